The van der Waals surface area contributed by atoms with E-state index in [4.69, 9.17) is 9.47 Å². The molecule has 0 aliphatic carbocycles. The quantitative estimate of drug-likeness (QED) is 0.423. The van der Waals surface area contributed by atoms with E-state index < -0.39 is 0 Å². The summed E-state index contributed by atoms with van der Waals surface area (Å²) in [5, 5.41) is 0. The Balaban J connectivity index is 1.47. The van der Waals surface area contributed by atoms with Gasteiger partial charge in [0.25, 0.3) is 0 Å². The van der Waals surface area contributed by atoms with E-state index in [0.717, 1.165) is 27.8 Å². The number of hydrogen-bond acceptors (Lipinski definition) is 4. The first-order valence-corrected chi connectivity index (χ1v) is 10.5. The standard InChI is InChI=1S/C26H27N3O3/c1-18(28(2)26(30)16-19-9-14-24(31-3)25(15-19)32-4)20-10-12-21(13-11-20)29-17-27-22-7-5-6-8-23(22)29/h5-15,17-18H,16H2,1-4H3. The molecule has 164 valence electrons. The number of methoxy groups -OCH3 is 2. The molecule has 0 aliphatic rings. The third-order valence-electron chi connectivity index (χ3n) is 5.88. The lowest BCUT2D eigenvalue weighted by Crippen LogP contribution is -2.31. The molecule has 32 heavy (non-hydrogen) atoms. The molecule has 1 unspecified atom stereocenters. The molecule has 0 saturated carbocycles. The summed E-state index contributed by atoms with van der Waals surface area (Å²) in [5.74, 6) is 1.31. The van der Waals surface area contributed by atoms with Crippen LogP contribution in [0.5, 0.6) is 11.5 Å². The predicted molar refractivity (Wildman–Crippen MR) is 126 cm³/mol. The number of carbonyl (C=O) groups is 1. The van der Waals surface area contributed by atoms with Crippen LogP contribution in [-0.2, 0) is 11.2 Å². The minimum atomic E-state index is -0.0591. The van der Waals surface area contributed by atoms with Gasteiger partial charge in [-0.1, -0.05) is 30.3 Å². The van der Waals surface area contributed by atoms with Crippen LogP contribution in [-0.4, -0.2) is 41.6 Å². The van der Waals surface area contributed by atoms with Crippen LogP contribution >= 0.6 is 0 Å². The number of aromatic nitrogens is 2. The van der Waals surface area contributed by atoms with E-state index >= 15 is 0 Å². The van der Waals surface area contributed by atoms with Crippen molar-refractivity contribution in [3.8, 4) is 17.2 Å². The van der Waals surface area contributed by atoms with Crippen molar-refractivity contribution in [1.82, 2.24) is 14.5 Å². The van der Waals surface area contributed by atoms with Gasteiger partial charge in [0.1, 0.15) is 6.33 Å². The zero-order chi connectivity index (χ0) is 22.7. The molecule has 0 bridgehead atoms. The molecule has 6 heteroatoms. The molecule has 4 rings (SSSR count). The molecule has 0 N–H and O–H groups in total. The highest BCUT2D eigenvalue weighted by molar-refractivity contribution is 5.79. The maximum atomic E-state index is 12.9. The molecule has 6 nitrogen and oxygen atoms in total. The fourth-order valence-electron chi connectivity index (χ4n) is 3.81. The van der Waals surface area contributed by atoms with Gasteiger partial charge in [-0.15, -0.1) is 0 Å². The summed E-state index contributed by atoms with van der Waals surface area (Å²) < 4.78 is 12.7. The summed E-state index contributed by atoms with van der Waals surface area (Å²) in [7, 11) is 5.03. The number of fused-ring (bicyclic) bond motifs is 1. The first kappa shape index (κ1) is 21.4. The minimum Gasteiger partial charge on any atom is -0.493 e. The number of amides is 1. The Hall–Kier alpha value is -3.80. The SMILES string of the molecule is COc1ccc(CC(=O)N(C)C(C)c2ccc(-n3cnc4ccccc43)cc2)cc1OC. The van der Waals surface area contributed by atoms with Crippen LogP contribution in [0.15, 0.2) is 73.1 Å². The minimum absolute atomic E-state index is 0.0365. The Bertz CT molecular complexity index is 1230. The van der Waals surface area contributed by atoms with Gasteiger partial charge in [0.15, 0.2) is 11.5 Å². The predicted octanol–water partition coefficient (Wildman–Crippen LogP) is 4.80. The van der Waals surface area contributed by atoms with E-state index in [2.05, 4.69) is 39.9 Å². The molecule has 1 atom stereocenters. The first-order chi connectivity index (χ1) is 15.5. The van der Waals surface area contributed by atoms with Crippen LogP contribution in [0, 0.1) is 0 Å². The summed E-state index contributed by atoms with van der Waals surface area (Å²) in [5.41, 5.74) is 5.02. The van der Waals surface area contributed by atoms with Gasteiger partial charge < -0.3 is 14.4 Å². The normalized spacial score (nSPS) is 11.9. The van der Waals surface area contributed by atoms with Crippen molar-refractivity contribution in [3.63, 3.8) is 0 Å². The van der Waals surface area contributed by atoms with Gasteiger partial charge in [0.2, 0.25) is 5.91 Å². The third-order valence-corrected chi connectivity index (χ3v) is 5.88. The number of rotatable bonds is 7. The van der Waals surface area contributed by atoms with Crippen LogP contribution in [0.25, 0.3) is 16.7 Å². The fourth-order valence-corrected chi connectivity index (χ4v) is 3.81. The fraction of sp³-hybridized carbons (Fsp3) is 0.231. The summed E-state index contributed by atoms with van der Waals surface area (Å²) >= 11 is 0. The molecule has 3 aromatic carbocycles. The average Bonchev–Trinajstić information content (AvgIpc) is 3.27. The summed E-state index contributed by atoms with van der Waals surface area (Å²) in [6.45, 7) is 2.04. The van der Waals surface area contributed by atoms with E-state index in [-0.39, 0.29) is 11.9 Å². The molecular formula is C26H27N3O3. The van der Waals surface area contributed by atoms with Crippen LogP contribution < -0.4 is 9.47 Å². The molecule has 4 aromatic rings. The second kappa shape index (κ2) is 9.14. The van der Waals surface area contributed by atoms with E-state index in [1.165, 1.54) is 0 Å². The highest BCUT2D eigenvalue weighted by Crippen LogP contribution is 2.28. The van der Waals surface area contributed by atoms with Gasteiger partial charge in [0.05, 0.1) is 37.7 Å². The van der Waals surface area contributed by atoms with Crippen molar-refractivity contribution in [2.45, 2.75) is 19.4 Å². The molecule has 0 radical (unpaired) electrons. The van der Waals surface area contributed by atoms with Gasteiger partial charge in [0, 0.05) is 12.7 Å². The van der Waals surface area contributed by atoms with Gasteiger partial charge in [-0.3, -0.25) is 9.36 Å². The van der Waals surface area contributed by atoms with Crippen molar-refractivity contribution < 1.29 is 14.3 Å². The van der Waals surface area contributed by atoms with Crippen LogP contribution in [0.2, 0.25) is 0 Å². The van der Waals surface area contributed by atoms with Crippen molar-refractivity contribution in [3.05, 3.63) is 84.2 Å². The molecule has 1 aromatic heterocycles. The van der Waals surface area contributed by atoms with Crippen LogP contribution in [0.1, 0.15) is 24.1 Å². The number of hydrogen-bond donors (Lipinski definition) is 0. The summed E-state index contributed by atoms with van der Waals surface area (Å²) in [4.78, 5) is 19.2. The summed E-state index contributed by atoms with van der Waals surface area (Å²) in [6, 6.07) is 21.8. The Morgan fingerprint density at radius 2 is 1.72 bits per heavy atom. The number of nitrogens with zero attached hydrogens (tertiary/aromatic N) is 3. The average molecular weight is 430 g/mol. The zero-order valence-corrected chi connectivity index (χ0v) is 18.8. The molecule has 1 amide bonds. The van der Waals surface area contributed by atoms with Gasteiger partial charge in [-0.05, 0) is 54.4 Å². The highest BCUT2D eigenvalue weighted by Gasteiger charge is 2.19. The lowest BCUT2D eigenvalue weighted by Gasteiger charge is -2.26. The Kier molecular flexibility index (Phi) is 6.12. The van der Waals surface area contributed by atoms with E-state index in [1.807, 2.05) is 56.7 Å². The maximum absolute atomic E-state index is 12.9. The van der Waals surface area contributed by atoms with E-state index in [0.29, 0.717) is 17.9 Å². The lowest BCUT2D eigenvalue weighted by molar-refractivity contribution is -0.131. The van der Waals surface area contributed by atoms with Crippen LogP contribution in [0.4, 0.5) is 0 Å². The molecule has 0 fully saturated rings. The van der Waals surface area contributed by atoms with Crippen molar-refractivity contribution in [1.29, 1.82) is 0 Å². The van der Waals surface area contributed by atoms with Gasteiger partial charge in [-0.25, -0.2) is 4.98 Å². The molecular weight excluding hydrogens is 402 g/mol. The summed E-state index contributed by atoms with van der Waals surface area (Å²) in [6.07, 6.45) is 2.13. The molecule has 0 saturated heterocycles. The second-order valence-corrected chi connectivity index (χ2v) is 7.74. The largest absolute Gasteiger partial charge is 0.493 e. The second-order valence-electron chi connectivity index (χ2n) is 7.74. The Labute approximate surface area is 188 Å². The Morgan fingerprint density at radius 3 is 2.44 bits per heavy atom. The van der Waals surface area contributed by atoms with Crippen molar-refractivity contribution >= 4 is 16.9 Å². The monoisotopic (exact) mass is 429 g/mol. The topological polar surface area (TPSA) is 56.6 Å². The zero-order valence-electron chi connectivity index (χ0n) is 18.8. The smallest absolute Gasteiger partial charge is 0.227 e. The lowest BCUT2D eigenvalue weighted by atomic mass is 10.0. The molecule has 1 heterocycles. The highest BCUT2D eigenvalue weighted by atomic mass is 16.5. The van der Waals surface area contributed by atoms with Crippen molar-refractivity contribution in [2.24, 2.45) is 0 Å². The maximum Gasteiger partial charge on any atom is 0.227 e. The van der Waals surface area contributed by atoms with E-state index in [9.17, 15) is 4.79 Å². The van der Waals surface area contributed by atoms with Crippen LogP contribution in [0.3, 0.4) is 0 Å². The molecule has 0 aliphatic heterocycles. The number of benzene rings is 3. The number of likely N-dealkylation sites (N-methyl/N-ethyl adjacent to an activating group) is 1. The number of carbonyl (C=O) groups excluding carboxylic acids is 1. The van der Waals surface area contributed by atoms with E-state index in [1.54, 1.807) is 19.1 Å². The van der Waals surface area contributed by atoms with Crippen molar-refractivity contribution in [2.75, 3.05) is 21.3 Å². The molecule has 0 spiro atoms. The van der Waals surface area contributed by atoms with Gasteiger partial charge in [-0.2, -0.15) is 0 Å². The third kappa shape index (κ3) is 4.17. The Morgan fingerprint density at radius 1 is 1.00 bits per heavy atom. The number of imidazole rings is 1. The number of para-hydroxylation sites is 2. The van der Waals surface area contributed by atoms with Gasteiger partial charge >= 0.3 is 0 Å². The number of ether oxygens (including phenoxy) is 2. The first-order valence-electron chi connectivity index (χ1n) is 10.5.